The van der Waals surface area contributed by atoms with Crippen LogP contribution in [0.15, 0.2) is 23.0 Å². The number of anilines is 1. The first-order valence-corrected chi connectivity index (χ1v) is 7.81. The van der Waals surface area contributed by atoms with E-state index in [1.165, 1.54) is 5.56 Å². The van der Waals surface area contributed by atoms with Gasteiger partial charge in [-0.1, -0.05) is 0 Å². The van der Waals surface area contributed by atoms with Gasteiger partial charge in [-0.15, -0.1) is 16.4 Å². The predicted molar refractivity (Wildman–Crippen MR) is 87.2 cm³/mol. The molecule has 0 saturated heterocycles. The van der Waals surface area contributed by atoms with Crippen LogP contribution in [0.5, 0.6) is 0 Å². The van der Waals surface area contributed by atoms with Crippen molar-refractivity contribution in [3.05, 3.63) is 35.4 Å². The fourth-order valence-corrected chi connectivity index (χ4v) is 3.77. The lowest BCUT2D eigenvalue weighted by Gasteiger charge is -2.00. The maximum atomic E-state index is 5.09. The second-order valence-corrected chi connectivity index (χ2v) is 6.33. The minimum Gasteiger partial charge on any atom is -0.472 e. The van der Waals surface area contributed by atoms with E-state index in [0.717, 1.165) is 37.5 Å². The minimum absolute atomic E-state index is 0.681. The maximum Gasteiger partial charge on any atom is 0.166 e. The third kappa shape index (κ3) is 1.89. The molecule has 0 radical (unpaired) electrons. The zero-order valence-electron chi connectivity index (χ0n) is 12.5. The van der Waals surface area contributed by atoms with E-state index in [0.29, 0.717) is 6.54 Å². The number of hydrogen-bond acceptors (Lipinski definition) is 6. The molecule has 0 saturated carbocycles. The molecule has 0 amide bonds. The lowest BCUT2D eigenvalue weighted by Crippen LogP contribution is -2.00. The van der Waals surface area contributed by atoms with Crippen molar-refractivity contribution >= 4 is 37.6 Å². The van der Waals surface area contributed by atoms with Gasteiger partial charge < -0.3 is 9.73 Å². The molecule has 4 aromatic heterocycles. The number of hydrogen-bond donors (Lipinski definition) is 1. The number of nitrogens with one attached hydrogen (secondary N) is 1. The van der Waals surface area contributed by atoms with Gasteiger partial charge in [0, 0.05) is 24.5 Å². The fourth-order valence-electron chi connectivity index (χ4n) is 2.60. The molecule has 0 fully saturated rings. The molecule has 0 aliphatic carbocycles. The van der Waals surface area contributed by atoms with E-state index in [4.69, 9.17) is 4.42 Å². The summed E-state index contributed by atoms with van der Waals surface area (Å²) in [6.45, 7) is 4.75. The Balaban J connectivity index is 1.85. The molecule has 0 bridgehead atoms. The van der Waals surface area contributed by atoms with Gasteiger partial charge in [-0.2, -0.15) is 10.2 Å². The third-order valence-electron chi connectivity index (χ3n) is 3.90. The largest absolute Gasteiger partial charge is 0.472 e. The van der Waals surface area contributed by atoms with Crippen molar-refractivity contribution in [3.8, 4) is 0 Å². The zero-order valence-corrected chi connectivity index (χ0v) is 13.4. The predicted octanol–water partition coefficient (Wildman–Crippen LogP) is 3.40. The van der Waals surface area contributed by atoms with E-state index in [1.54, 1.807) is 23.9 Å². The Morgan fingerprint density at radius 3 is 2.95 bits per heavy atom. The number of nitrogens with zero attached hydrogens (tertiary/aromatic N) is 4. The summed E-state index contributed by atoms with van der Waals surface area (Å²) in [5.74, 6) is 0.874. The van der Waals surface area contributed by atoms with Gasteiger partial charge in [-0.25, -0.2) is 0 Å². The zero-order chi connectivity index (χ0) is 15.3. The molecule has 4 heterocycles. The summed E-state index contributed by atoms with van der Waals surface area (Å²) in [4.78, 5) is 0.956. The number of fused-ring (bicyclic) bond motifs is 3. The Bertz CT molecular complexity index is 967. The van der Waals surface area contributed by atoms with Gasteiger partial charge in [-0.3, -0.25) is 4.68 Å². The molecular weight excluding hydrogens is 298 g/mol. The second kappa shape index (κ2) is 4.81. The van der Waals surface area contributed by atoms with E-state index in [1.807, 2.05) is 24.7 Å². The number of rotatable bonds is 3. The number of thiophene rings is 1. The summed E-state index contributed by atoms with van der Waals surface area (Å²) in [7, 11) is 1.97. The first-order chi connectivity index (χ1) is 10.6. The molecule has 22 heavy (non-hydrogen) atoms. The summed E-state index contributed by atoms with van der Waals surface area (Å²) >= 11 is 1.63. The molecule has 0 aliphatic heterocycles. The molecule has 0 unspecified atom stereocenters. The Morgan fingerprint density at radius 1 is 1.32 bits per heavy atom. The molecule has 112 valence electrons. The summed E-state index contributed by atoms with van der Waals surface area (Å²) < 4.78 is 8.12. The maximum absolute atomic E-state index is 5.09. The Morgan fingerprint density at radius 2 is 2.18 bits per heavy atom. The minimum atomic E-state index is 0.681. The fraction of sp³-hybridized carbons (Fsp3) is 0.267. The van der Waals surface area contributed by atoms with Crippen LogP contribution in [0.2, 0.25) is 0 Å². The molecule has 0 aromatic carbocycles. The number of aryl methyl sites for hydroxylation is 3. The molecular formula is C15H15N5OS. The van der Waals surface area contributed by atoms with Gasteiger partial charge in [0.05, 0.1) is 28.4 Å². The molecule has 7 heteroatoms. The Hall–Kier alpha value is -2.41. The lowest BCUT2D eigenvalue weighted by molar-refractivity contribution is 0.564. The molecule has 6 nitrogen and oxygen atoms in total. The van der Waals surface area contributed by atoms with Crippen molar-refractivity contribution in [3.63, 3.8) is 0 Å². The smallest absolute Gasteiger partial charge is 0.166 e. The second-order valence-electron chi connectivity index (χ2n) is 5.33. The molecule has 0 spiro atoms. The van der Waals surface area contributed by atoms with E-state index in [-0.39, 0.29) is 0 Å². The highest BCUT2D eigenvalue weighted by Crippen LogP contribution is 2.38. The van der Waals surface area contributed by atoms with Gasteiger partial charge >= 0.3 is 0 Å². The highest BCUT2D eigenvalue weighted by atomic mass is 32.1. The first kappa shape index (κ1) is 13.3. The number of furan rings is 1. The highest BCUT2D eigenvalue weighted by Gasteiger charge is 2.18. The van der Waals surface area contributed by atoms with Crippen LogP contribution < -0.4 is 5.32 Å². The molecule has 0 aliphatic rings. The van der Waals surface area contributed by atoms with Gasteiger partial charge in [0.15, 0.2) is 5.82 Å². The average molecular weight is 313 g/mol. The van der Waals surface area contributed by atoms with Gasteiger partial charge in [0.25, 0.3) is 0 Å². The van der Waals surface area contributed by atoms with E-state index >= 15 is 0 Å². The molecule has 4 aromatic rings. The third-order valence-corrected chi connectivity index (χ3v) is 4.97. The van der Waals surface area contributed by atoms with Crippen LogP contribution >= 0.6 is 11.3 Å². The normalized spacial score (nSPS) is 11.6. The molecule has 4 rings (SSSR count). The summed E-state index contributed by atoms with van der Waals surface area (Å²) in [5.41, 5.74) is 4.33. The van der Waals surface area contributed by atoms with Crippen LogP contribution in [-0.2, 0) is 13.6 Å². The van der Waals surface area contributed by atoms with E-state index in [2.05, 4.69) is 27.5 Å². The van der Waals surface area contributed by atoms with Crippen LogP contribution in [0.3, 0.4) is 0 Å². The monoisotopic (exact) mass is 313 g/mol. The average Bonchev–Trinajstić information content (AvgIpc) is 3.19. The van der Waals surface area contributed by atoms with Gasteiger partial charge in [0.1, 0.15) is 4.83 Å². The summed E-state index contributed by atoms with van der Waals surface area (Å²) in [6.07, 6.45) is 3.41. The Labute approximate surface area is 130 Å². The van der Waals surface area contributed by atoms with Gasteiger partial charge in [-0.05, 0) is 25.5 Å². The van der Waals surface area contributed by atoms with Crippen molar-refractivity contribution in [2.24, 2.45) is 7.05 Å². The quantitative estimate of drug-likeness (QED) is 0.628. The van der Waals surface area contributed by atoms with Crippen LogP contribution in [0.4, 0.5) is 5.82 Å². The van der Waals surface area contributed by atoms with Crippen molar-refractivity contribution in [2.75, 3.05) is 5.32 Å². The van der Waals surface area contributed by atoms with Crippen molar-refractivity contribution < 1.29 is 4.42 Å². The summed E-state index contributed by atoms with van der Waals surface area (Å²) in [5, 5.41) is 17.7. The SMILES string of the molecule is Cc1nnc2sc3c(NCc4ccoc4)nn(C)c3c2c1C. The molecule has 0 atom stereocenters. The van der Waals surface area contributed by atoms with Crippen molar-refractivity contribution in [1.29, 1.82) is 0 Å². The van der Waals surface area contributed by atoms with Crippen molar-refractivity contribution in [2.45, 2.75) is 20.4 Å². The van der Waals surface area contributed by atoms with Crippen molar-refractivity contribution in [1.82, 2.24) is 20.0 Å². The molecule has 1 N–H and O–H groups in total. The van der Waals surface area contributed by atoms with Gasteiger partial charge in [0.2, 0.25) is 0 Å². The highest BCUT2D eigenvalue weighted by molar-refractivity contribution is 7.26. The standard InChI is InChI=1S/C15H15N5OS/c1-8-9(2)17-18-15-11(8)12-13(22-15)14(19-20(12)3)16-6-10-4-5-21-7-10/h4-5,7H,6H2,1-3H3,(H,16,19). The number of aromatic nitrogens is 4. The van der Waals surface area contributed by atoms with Crippen LogP contribution in [0, 0.1) is 13.8 Å². The van der Waals surface area contributed by atoms with Crippen LogP contribution in [-0.4, -0.2) is 20.0 Å². The Kier molecular flexibility index (Phi) is 2.90. The first-order valence-electron chi connectivity index (χ1n) is 6.99. The topological polar surface area (TPSA) is 68.8 Å². The summed E-state index contributed by atoms with van der Waals surface area (Å²) in [6, 6.07) is 1.94. The van der Waals surface area contributed by atoms with E-state index in [9.17, 15) is 0 Å². The van der Waals surface area contributed by atoms with E-state index < -0.39 is 0 Å². The van der Waals surface area contributed by atoms with Crippen LogP contribution in [0.1, 0.15) is 16.8 Å². The lowest BCUT2D eigenvalue weighted by atomic mass is 10.1. The van der Waals surface area contributed by atoms with Crippen LogP contribution in [0.25, 0.3) is 20.4 Å².